The molecule has 1 amide bonds. The molecule has 3 aromatic heterocycles. The molecule has 3 aromatic rings. The van der Waals surface area contributed by atoms with Gasteiger partial charge in [-0.15, -0.1) is 0 Å². The number of thioether (sulfide) groups is 1. The molecule has 10 nitrogen and oxygen atoms in total. The van der Waals surface area contributed by atoms with Crippen LogP contribution in [0.4, 0.5) is 4.39 Å². The second kappa shape index (κ2) is 10.2. The van der Waals surface area contributed by atoms with Crippen LogP contribution in [0.1, 0.15) is 62.3 Å². The van der Waals surface area contributed by atoms with Gasteiger partial charge in [-0.2, -0.15) is 16.9 Å². The van der Waals surface area contributed by atoms with E-state index >= 15 is 0 Å². The standard InChI is InChI=1S/C24H30FN7O3S/c1-14-27-15(2)30(29-14)13-21(33)28-17-3-5-18(6-4-17)32-23(34)20-11-16(25)12-26-22(20)31(24(32)35)19-7-9-36-10-8-19/h11-12,17-19H,3-10,13H2,1-2H3,(H,28,33)/t17-,18+. The van der Waals surface area contributed by atoms with Gasteiger partial charge < -0.3 is 5.32 Å². The average molecular weight is 516 g/mol. The van der Waals surface area contributed by atoms with Crippen LogP contribution >= 0.6 is 11.8 Å². The Hall–Kier alpha value is -3.02. The van der Waals surface area contributed by atoms with E-state index in [0.717, 1.165) is 30.5 Å². The van der Waals surface area contributed by atoms with E-state index in [2.05, 4.69) is 20.4 Å². The first-order chi connectivity index (χ1) is 17.3. The molecular formula is C24H30FN7O3S. The fourth-order valence-electron chi connectivity index (χ4n) is 5.40. The smallest absolute Gasteiger partial charge is 0.333 e. The summed E-state index contributed by atoms with van der Waals surface area (Å²) < 4.78 is 18.6. The fraction of sp³-hybridized carbons (Fsp3) is 0.583. The Morgan fingerprint density at radius 1 is 1.08 bits per heavy atom. The average Bonchev–Trinajstić information content (AvgIpc) is 3.17. The molecule has 1 saturated carbocycles. The number of aromatic nitrogens is 6. The lowest BCUT2D eigenvalue weighted by Crippen LogP contribution is -2.46. The minimum atomic E-state index is -0.597. The van der Waals surface area contributed by atoms with Gasteiger partial charge in [0.05, 0.1) is 11.6 Å². The van der Waals surface area contributed by atoms with Crippen molar-refractivity contribution in [2.24, 2.45) is 0 Å². The number of aryl methyl sites for hydroxylation is 2. The zero-order valence-electron chi connectivity index (χ0n) is 20.4. The van der Waals surface area contributed by atoms with Gasteiger partial charge in [0.15, 0.2) is 0 Å². The zero-order chi connectivity index (χ0) is 25.4. The van der Waals surface area contributed by atoms with Crippen LogP contribution in [0.5, 0.6) is 0 Å². The monoisotopic (exact) mass is 515 g/mol. The summed E-state index contributed by atoms with van der Waals surface area (Å²) in [6.07, 6.45) is 5.08. The highest BCUT2D eigenvalue weighted by Crippen LogP contribution is 2.30. The predicted molar refractivity (Wildman–Crippen MR) is 135 cm³/mol. The molecular weight excluding hydrogens is 485 g/mol. The quantitative estimate of drug-likeness (QED) is 0.554. The van der Waals surface area contributed by atoms with E-state index < -0.39 is 11.4 Å². The molecule has 36 heavy (non-hydrogen) atoms. The van der Waals surface area contributed by atoms with Gasteiger partial charge in [0, 0.05) is 18.1 Å². The first-order valence-electron chi connectivity index (χ1n) is 12.4. The van der Waals surface area contributed by atoms with E-state index in [-0.39, 0.29) is 47.3 Å². The lowest BCUT2D eigenvalue weighted by atomic mass is 9.91. The maximum Gasteiger partial charge on any atom is 0.333 e. The second-order valence-electron chi connectivity index (χ2n) is 9.63. The minimum Gasteiger partial charge on any atom is -0.352 e. The first-order valence-corrected chi connectivity index (χ1v) is 13.5. The van der Waals surface area contributed by atoms with Gasteiger partial charge >= 0.3 is 5.69 Å². The zero-order valence-corrected chi connectivity index (χ0v) is 21.3. The molecule has 192 valence electrons. The molecule has 0 unspecified atom stereocenters. The van der Waals surface area contributed by atoms with Crippen LogP contribution in [-0.4, -0.2) is 52.3 Å². The van der Waals surface area contributed by atoms with Crippen molar-refractivity contribution >= 4 is 28.7 Å². The molecule has 0 radical (unpaired) electrons. The van der Waals surface area contributed by atoms with Crippen molar-refractivity contribution in [1.29, 1.82) is 0 Å². The maximum atomic E-state index is 14.1. The lowest BCUT2D eigenvalue weighted by Gasteiger charge is -2.31. The third-order valence-electron chi connectivity index (χ3n) is 7.16. The second-order valence-corrected chi connectivity index (χ2v) is 10.9. The van der Waals surface area contributed by atoms with Gasteiger partial charge in [-0.25, -0.2) is 23.8 Å². The highest BCUT2D eigenvalue weighted by atomic mass is 32.2. The molecule has 0 aromatic carbocycles. The Morgan fingerprint density at radius 3 is 2.44 bits per heavy atom. The highest BCUT2D eigenvalue weighted by molar-refractivity contribution is 7.99. The van der Waals surface area contributed by atoms with Crippen molar-refractivity contribution in [2.75, 3.05) is 11.5 Å². The minimum absolute atomic E-state index is 0.0495. The Balaban J connectivity index is 1.37. The molecule has 2 fully saturated rings. The number of carbonyl (C=O) groups excluding carboxylic acids is 1. The molecule has 1 N–H and O–H groups in total. The van der Waals surface area contributed by atoms with Crippen molar-refractivity contribution in [1.82, 2.24) is 34.2 Å². The summed E-state index contributed by atoms with van der Waals surface area (Å²) in [6.45, 7) is 3.68. The van der Waals surface area contributed by atoms with Crippen LogP contribution < -0.4 is 16.6 Å². The summed E-state index contributed by atoms with van der Waals surface area (Å²) in [5.74, 6) is 2.41. The van der Waals surface area contributed by atoms with Gasteiger partial charge in [0.2, 0.25) is 5.91 Å². The van der Waals surface area contributed by atoms with Crippen molar-refractivity contribution in [3.63, 3.8) is 0 Å². The Kier molecular flexibility index (Phi) is 6.96. The number of pyridine rings is 1. The van der Waals surface area contributed by atoms with Crippen LogP contribution in [0, 0.1) is 19.7 Å². The molecule has 12 heteroatoms. The normalized spacial score (nSPS) is 21.1. The molecule has 2 aliphatic rings. The van der Waals surface area contributed by atoms with Crippen LogP contribution in [0.2, 0.25) is 0 Å². The van der Waals surface area contributed by atoms with Gasteiger partial charge in [0.1, 0.15) is 29.7 Å². The number of rotatable bonds is 5. The molecule has 1 saturated heterocycles. The number of amides is 1. The number of nitrogens with zero attached hydrogens (tertiary/aromatic N) is 6. The first kappa shape index (κ1) is 24.7. The largest absolute Gasteiger partial charge is 0.352 e. The van der Waals surface area contributed by atoms with Crippen molar-refractivity contribution in [3.05, 3.63) is 50.6 Å². The van der Waals surface area contributed by atoms with Crippen LogP contribution in [0.15, 0.2) is 21.9 Å². The Labute approximate surface area is 211 Å². The SMILES string of the molecule is Cc1nc(C)n(CC(=O)N[C@H]2CC[C@@H](n3c(=O)c4cc(F)cnc4n(C4CCSCC4)c3=O)CC2)n1. The molecule has 4 heterocycles. The summed E-state index contributed by atoms with van der Waals surface area (Å²) in [5.41, 5.74) is -0.597. The van der Waals surface area contributed by atoms with E-state index in [1.54, 1.807) is 23.1 Å². The number of hydrogen-bond donors (Lipinski definition) is 1. The van der Waals surface area contributed by atoms with Gasteiger partial charge in [-0.05, 0) is 69.9 Å². The molecule has 1 aliphatic carbocycles. The third kappa shape index (κ3) is 4.82. The number of fused-ring (bicyclic) bond motifs is 1. The number of halogens is 1. The highest BCUT2D eigenvalue weighted by Gasteiger charge is 2.29. The Bertz CT molecular complexity index is 1400. The van der Waals surface area contributed by atoms with Crippen LogP contribution in [0.25, 0.3) is 11.0 Å². The van der Waals surface area contributed by atoms with Gasteiger partial charge in [0.25, 0.3) is 5.56 Å². The summed E-state index contributed by atoms with van der Waals surface area (Å²) >= 11 is 1.84. The summed E-state index contributed by atoms with van der Waals surface area (Å²) in [6, 6.07) is 0.765. The molecule has 1 aliphatic heterocycles. The van der Waals surface area contributed by atoms with E-state index in [4.69, 9.17) is 0 Å². The third-order valence-corrected chi connectivity index (χ3v) is 8.21. The van der Waals surface area contributed by atoms with Crippen molar-refractivity contribution in [2.45, 2.75) is 77.0 Å². The van der Waals surface area contributed by atoms with Crippen molar-refractivity contribution < 1.29 is 9.18 Å². The molecule has 0 spiro atoms. The van der Waals surface area contributed by atoms with E-state index in [1.807, 2.05) is 11.8 Å². The van der Waals surface area contributed by atoms with E-state index in [9.17, 15) is 18.8 Å². The fourth-order valence-corrected chi connectivity index (χ4v) is 6.48. The van der Waals surface area contributed by atoms with E-state index in [0.29, 0.717) is 37.3 Å². The molecule has 0 atom stereocenters. The van der Waals surface area contributed by atoms with Gasteiger partial charge in [-0.1, -0.05) is 0 Å². The number of carbonyl (C=O) groups is 1. The Morgan fingerprint density at radius 2 is 1.78 bits per heavy atom. The lowest BCUT2D eigenvalue weighted by molar-refractivity contribution is -0.122. The topological polar surface area (TPSA) is 117 Å². The maximum absolute atomic E-state index is 14.1. The van der Waals surface area contributed by atoms with E-state index in [1.165, 1.54) is 10.6 Å². The van der Waals surface area contributed by atoms with Crippen LogP contribution in [0.3, 0.4) is 0 Å². The van der Waals surface area contributed by atoms with Crippen LogP contribution in [-0.2, 0) is 11.3 Å². The molecule has 5 rings (SSSR count). The number of hydrogen-bond acceptors (Lipinski definition) is 7. The summed E-state index contributed by atoms with van der Waals surface area (Å²) in [7, 11) is 0. The van der Waals surface area contributed by atoms with Gasteiger partial charge in [-0.3, -0.25) is 18.7 Å². The summed E-state index contributed by atoms with van der Waals surface area (Å²) in [5, 5.41) is 7.41. The molecule has 0 bridgehead atoms. The van der Waals surface area contributed by atoms with Crippen molar-refractivity contribution in [3.8, 4) is 0 Å². The predicted octanol–water partition coefficient (Wildman–Crippen LogP) is 2.27. The number of nitrogens with one attached hydrogen (secondary N) is 1. The summed E-state index contributed by atoms with van der Waals surface area (Å²) in [4.78, 5) is 48.0.